The fraction of sp³-hybridized carbons (Fsp3) is 0.700. The van der Waals surface area contributed by atoms with E-state index in [-0.39, 0.29) is 5.91 Å². The monoisotopic (exact) mass is 180 g/mol. The van der Waals surface area contributed by atoms with Crippen LogP contribution in [0, 0.1) is 5.92 Å². The van der Waals surface area contributed by atoms with Crippen molar-refractivity contribution in [3.05, 3.63) is 12.2 Å². The molecule has 0 aromatic rings. The van der Waals surface area contributed by atoms with Crippen LogP contribution >= 0.6 is 0 Å². The zero-order valence-corrected chi connectivity index (χ0v) is 7.78. The molecular formula is C10H16N2O. The van der Waals surface area contributed by atoms with Crippen molar-refractivity contribution >= 4 is 5.91 Å². The molecule has 2 N–H and O–H groups in total. The average Bonchev–Trinajstić information content (AvgIpc) is 2.17. The summed E-state index contributed by atoms with van der Waals surface area (Å²) in [5.74, 6) is 0.551. The van der Waals surface area contributed by atoms with Gasteiger partial charge < -0.3 is 5.73 Å². The fourth-order valence-electron chi connectivity index (χ4n) is 2.42. The Hall–Kier alpha value is -0.830. The largest absolute Gasteiger partial charge is 0.366 e. The summed E-state index contributed by atoms with van der Waals surface area (Å²) >= 11 is 0. The molecule has 0 spiro atoms. The Kier molecular flexibility index (Phi) is 2.36. The van der Waals surface area contributed by atoms with Gasteiger partial charge in [0.05, 0.1) is 0 Å². The number of nitrogens with zero attached hydrogens (tertiary/aromatic N) is 1. The first-order chi connectivity index (χ1) is 6.25. The predicted molar refractivity (Wildman–Crippen MR) is 51.0 cm³/mol. The van der Waals surface area contributed by atoms with E-state index in [4.69, 9.17) is 5.73 Å². The van der Waals surface area contributed by atoms with Crippen LogP contribution in [0.1, 0.15) is 19.3 Å². The number of fused-ring (bicyclic) bond motifs is 3. The summed E-state index contributed by atoms with van der Waals surface area (Å²) in [5, 5.41) is 0. The second-order valence-electron chi connectivity index (χ2n) is 4.04. The number of piperidine rings is 3. The van der Waals surface area contributed by atoms with Gasteiger partial charge in [0, 0.05) is 12.1 Å². The predicted octanol–water partition coefficient (Wildman–Crippen LogP) is 0.512. The number of amides is 1. The van der Waals surface area contributed by atoms with Crippen LogP contribution in [0.5, 0.6) is 0 Å². The molecule has 0 radical (unpaired) electrons. The zero-order chi connectivity index (χ0) is 9.26. The lowest BCUT2D eigenvalue weighted by atomic mass is 9.83. The molecule has 0 aromatic heterocycles. The van der Waals surface area contributed by atoms with Gasteiger partial charge in [-0.2, -0.15) is 0 Å². The first kappa shape index (κ1) is 8.75. The van der Waals surface area contributed by atoms with Gasteiger partial charge >= 0.3 is 0 Å². The van der Waals surface area contributed by atoms with Gasteiger partial charge in [0.15, 0.2) is 0 Å². The maximum atomic E-state index is 10.6. The van der Waals surface area contributed by atoms with Crippen molar-refractivity contribution < 1.29 is 4.79 Å². The highest BCUT2D eigenvalue weighted by Crippen LogP contribution is 2.32. The first-order valence-corrected chi connectivity index (χ1v) is 4.97. The van der Waals surface area contributed by atoms with Crippen LogP contribution in [0.2, 0.25) is 0 Å². The Morgan fingerprint density at radius 2 is 2.08 bits per heavy atom. The molecule has 3 aliphatic heterocycles. The Bertz CT molecular complexity index is 229. The fourth-order valence-corrected chi connectivity index (χ4v) is 2.42. The summed E-state index contributed by atoms with van der Waals surface area (Å²) in [6.07, 6.45) is 7.35. The maximum absolute atomic E-state index is 10.6. The Balaban J connectivity index is 1.97. The van der Waals surface area contributed by atoms with Crippen molar-refractivity contribution in [3.8, 4) is 0 Å². The van der Waals surface area contributed by atoms with E-state index in [1.54, 1.807) is 0 Å². The topological polar surface area (TPSA) is 46.3 Å². The number of carbonyl (C=O) groups is 1. The molecule has 3 nitrogen and oxygen atoms in total. The van der Waals surface area contributed by atoms with Gasteiger partial charge in [-0.15, -0.1) is 0 Å². The lowest BCUT2D eigenvalue weighted by molar-refractivity contribution is -0.113. The molecule has 3 rings (SSSR count). The van der Waals surface area contributed by atoms with Crippen LogP contribution in [-0.2, 0) is 4.79 Å². The van der Waals surface area contributed by atoms with Gasteiger partial charge in [-0.05, 0) is 38.3 Å². The summed E-state index contributed by atoms with van der Waals surface area (Å²) in [4.78, 5) is 13.0. The number of rotatable bonds is 2. The minimum absolute atomic E-state index is 0.331. The zero-order valence-electron chi connectivity index (χ0n) is 7.78. The number of hydrogen-bond donors (Lipinski definition) is 1. The third-order valence-electron chi connectivity index (χ3n) is 3.18. The van der Waals surface area contributed by atoms with E-state index in [2.05, 4.69) is 4.90 Å². The van der Waals surface area contributed by atoms with E-state index < -0.39 is 0 Å². The first-order valence-electron chi connectivity index (χ1n) is 4.97. The molecule has 3 aliphatic rings. The van der Waals surface area contributed by atoms with Crippen molar-refractivity contribution in [2.45, 2.75) is 25.3 Å². The smallest absolute Gasteiger partial charge is 0.241 e. The molecular weight excluding hydrogens is 164 g/mol. The highest BCUT2D eigenvalue weighted by Gasteiger charge is 2.31. The Morgan fingerprint density at radius 1 is 1.38 bits per heavy atom. The molecule has 1 atom stereocenters. The van der Waals surface area contributed by atoms with Gasteiger partial charge in [-0.25, -0.2) is 0 Å². The van der Waals surface area contributed by atoms with Crippen molar-refractivity contribution in [2.24, 2.45) is 11.7 Å². The van der Waals surface area contributed by atoms with Crippen LogP contribution in [0.25, 0.3) is 0 Å². The summed E-state index contributed by atoms with van der Waals surface area (Å²) in [6, 6.07) is 0.472. The maximum Gasteiger partial charge on any atom is 0.241 e. The van der Waals surface area contributed by atoms with Crippen molar-refractivity contribution in [1.29, 1.82) is 0 Å². The molecule has 13 heavy (non-hydrogen) atoms. The second-order valence-corrected chi connectivity index (χ2v) is 4.04. The van der Waals surface area contributed by atoms with E-state index in [1.165, 1.54) is 38.4 Å². The Labute approximate surface area is 78.6 Å². The van der Waals surface area contributed by atoms with E-state index in [9.17, 15) is 4.79 Å². The molecule has 3 heteroatoms. The summed E-state index contributed by atoms with van der Waals surface area (Å²) in [7, 11) is 0. The quantitative estimate of drug-likeness (QED) is 0.629. The molecule has 3 saturated heterocycles. The minimum atomic E-state index is -0.331. The van der Waals surface area contributed by atoms with Crippen LogP contribution in [0.4, 0.5) is 0 Å². The van der Waals surface area contributed by atoms with E-state index >= 15 is 0 Å². The van der Waals surface area contributed by atoms with Crippen LogP contribution in [0.3, 0.4) is 0 Å². The van der Waals surface area contributed by atoms with E-state index in [0.717, 1.165) is 5.92 Å². The molecule has 1 unspecified atom stereocenters. The number of primary amides is 1. The SMILES string of the molecule is NC(=O)C=CC1CC2CCN1CC2. The van der Waals surface area contributed by atoms with Crippen LogP contribution in [0.15, 0.2) is 12.2 Å². The third-order valence-corrected chi connectivity index (χ3v) is 3.18. The Morgan fingerprint density at radius 3 is 2.54 bits per heavy atom. The van der Waals surface area contributed by atoms with Gasteiger partial charge in [0.1, 0.15) is 0 Å². The van der Waals surface area contributed by atoms with E-state index in [0.29, 0.717) is 6.04 Å². The van der Waals surface area contributed by atoms with Crippen LogP contribution in [-0.4, -0.2) is 29.9 Å². The molecule has 1 amide bonds. The molecule has 0 saturated carbocycles. The highest BCUT2D eigenvalue weighted by atomic mass is 16.1. The van der Waals surface area contributed by atoms with Gasteiger partial charge in [-0.1, -0.05) is 6.08 Å². The van der Waals surface area contributed by atoms with E-state index in [1.807, 2.05) is 6.08 Å². The molecule has 3 fully saturated rings. The molecule has 3 heterocycles. The summed E-state index contributed by atoms with van der Waals surface area (Å²) in [5.41, 5.74) is 5.06. The van der Waals surface area contributed by atoms with Crippen molar-refractivity contribution in [2.75, 3.05) is 13.1 Å². The summed E-state index contributed by atoms with van der Waals surface area (Å²) in [6.45, 7) is 2.39. The van der Waals surface area contributed by atoms with Crippen molar-refractivity contribution in [1.82, 2.24) is 4.90 Å². The van der Waals surface area contributed by atoms with Gasteiger partial charge in [0.25, 0.3) is 0 Å². The summed E-state index contributed by atoms with van der Waals surface area (Å²) < 4.78 is 0. The second kappa shape index (κ2) is 3.50. The van der Waals surface area contributed by atoms with Crippen LogP contribution < -0.4 is 5.73 Å². The third kappa shape index (κ3) is 1.91. The van der Waals surface area contributed by atoms with Crippen molar-refractivity contribution in [3.63, 3.8) is 0 Å². The minimum Gasteiger partial charge on any atom is -0.366 e. The number of hydrogen-bond acceptors (Lipinski definition) is 2. The van der Waals surface area contributed by atoms with Gasteiger partial charge in [-0.3, -0.25) is 9.69 Å². The lowest BCUT2D eigenvalue weighted by Crippen LogP contribution is -2.47. The molecule has 0 aromatic carbocycles. The van der Waals surface area contributed by atoms with Gasteiger partial charge in [0.2, 0.25) is 5.91 Å². The standard InChI is InChI=1S/C10H16N2O/c11-10(13)2-1-9-7-8-3-5-12(9)6-4-8/h1-2,8-9H,3-7H2,(H2,11,13). The molecule has 72 valence electrons. The number of nitrogens with two attached hydrogens (primary N) is 1. The molecule has 0 aliphatic carbocycles. The lowest BCUT2D eigenvalue weighted by Gasteiger charge is -2.44. The molecule has 2 bridgehead atoms. The normalized spacial score (nSPS) is 38.3. The highest BCUT2D eigenvalue weighted by molar-refractivity contribution is 5.85. The number of carbonyl (C=O) groups excluding carboxylic acids is 1. The average molecular weight is 180 g/mol.